The smallest absolute Gasteiger partial charge is 0.339 e. The first-order valence-electron chi connectivity index (χ1n) is 9.96. The molecule has 0 aromatic heterocycles. The molecule has 0 aliphatic rings. The molecule has 2 N–H and O–H groups in total. The van der Waals surface area contributed by atoms with Gasteiger partial charge in [-0.05, 0) is 55.3 Å². The lowest BCUT2D eigenvalue weighted by atomic mass is 10.1. The maximum absolute atomic E-state index is 12.7. The highest BCUT2D eigenvalue weighted by Crippen LogP contribution is 2.22. The van der Waals surface area contributed by atoms with E-state index >= 15 is 0 Å². The molecule has 32 heavy (non-hydrogen) atoms. The van der Waals surface area contributed by atoms with Gasteiger partial charge in [0.1, 0.15) is 5.75 Å². The molecule has 0 heterocycles. The zero-order chi connectivity index (χ0) is 23.1. The second kappa shape index (κ2) is 10.3. The molecule has 3 rings (SSSR count). The molecular formula is C25H24N2O5. The Bertz CT molecular complexity index is 1140. The van der Waals surface area contributed by atoms with Gasteiger partial charge in [-0.3, -0.25) is 9.59 Å². The molecule has 7 nitrogen and oxygen atoms in total. The summed E-state index contributed by atoms with van der Waals surface area (Å²) in [5.41, 5.74) is 3.25. The second-order valence-corrected chi connectivity index (χ2v) is 7.13. The molecule has 0 atom stereocenters. The molecule has 0 fully saturated rings. The number of benzene rings is 3. The zero-order valence-electron chi connectivity index (χ0n) is 18.1. The third-order valence-electron chi connectivity index (χ3n) is 4.75. The van der Waals surface area contributed by atoms with E-state index in [0.717, 1.165) is 11.1 Å². The van der Waals surface area contributed by atoms with Crippen LogP contribution in [-0.4, -0.2) is 31.5 Å². The second-order valence-electron chi connectivity index (χ2n) is 7.13. The van der Waals surface area contributed by atoms with Crippen LogP contribution in [0.3, 0.4) is 0 Å². The molecule has 2 amide bonds. The average Bonchev–Trinajstić information content (AvgIpc) is 2.78. The third-order valence-corrected chi connectivity index (χ3v) is 4.75. The fraction of sp³-hybridized carbons (Fsp3) is 0.160. The molecule has 0 saturated carbocycles. The number of rotatable bonds is 7. The number of nitrogens with one attached hydrogen (secondary N) is 2. The molecule has 3 aromatic carbocycles. The van der Waals surface area contributed by atoms with Gasteiger partial charge in [0.15, 0.2) is 6.61 Å². The summed E-state index contributed by atoms with van der Waals surface area (Å²) < 4.78 is 10.4. The van der Waals surface area contributed by atoms with Crippen LogP contribution in [0.15, 0.2) is 66.7 Å². The van der Waals surface area contributed by atoms with E-state index in [-0.39, 0.29) is 18.1 Å². The van der Waals surface area contributed by atoms with Crippen molar-refractivity contribution in [1.29, 1.82) is 0 Å². The molecule has 3 aromatic rings. The number of hydrogen-bond donors (Lipinski definition) is 2. The Morgan fingerprint density at radius 2 is 1.53 bits per heavy atom. The number of methoxy groups -OCH3 is 1. The summed E-state index contributed by atoms with van der Waals surface area (Å²) in [5, 5.41) is 5.44. The number of ether oxygens (including phenoxy) is 2. The Labute approximate surface area is 186 Å². The number of hydrogen-bond acceptors (Lipinski definition) is 5. The Balaban J connectivity index is 1.66. The molecule has 0 aliphatic heterocycles. The van der Waals surface area contributed by atoms with Crippen molar-refractivity contribution in [3.05, 3.63) is 89.0 Å². The van der Waals surface area contributed by atoms with Crippen molar-refractivity contribution in [1.82, 2.24) is 0 Å². The highest BCUT2D eigenvalue weighted by Gasteiger charge is 2.15. The molecule has 0 radical (unpaired) electrons. The number of carbonyl (C=O) groups excluding carboxylic acids is 3. The van der Waals surface area contributed by atoms with Crippen molar-refractivity contribution in [3.63, 3.8) is 0 Å². The van der Waals surface area contributed by atoms with Crippen LogP contribution in [0.4, 0.5) is 11.4 Å². The zero-order valence-corrected chi connectivity index (χ0v) is 18.1. The van der Waals surface area contributed by atoms with Gasteiger partial charge in [0.25, 0.3) is 11.8 Å². The average molecular weight is 432 g/mol. The summed E-state index contributed by atoms with van der Waals surface area (Å²) >= 11 is 0. The highest BCUT2D eigenvalue weighted by molar-refractivity contribution is 6.08. The van der Waals surface area contributed by atoms with E-state index in [0.29, 0.717) is 22.7 Å². The standard InChI is InChI=1S/C25H24N2O5/c1-16-8-6-9-17(2)23(16)32-15-22(28)26-19-11-7-10-18(14-19)24(29)27-21-13-5-4-12-20(21)25(30)31-3/h4-14H,15H2,1-3H3,(H,26,28)(H,27,29). The number of carbonyl (C=O) groups is 3. The monoisotopic (exact) mass is 432 g/mol. The SMILES string of the molecule is COC(=O)c1ccccc1NC(=O)c1cccc(NC(=O)COc2c(C)cccc2C)c1. The van der Waals surface area contributed by atoms with Crippen LogP contribution in [0.2, 0.25) is 0 Å². The summed E-state index contributed by atoms with van der Waals surface area (Å²) in [7, 11) is 1.28. The number of aryl methyl sites for hydroxylation is 2. The van der Waals surface area contributed by atoms with E-state index in [1.165, 1.54) is 7.11 Å². The van der Waals surface area contributed by atoms with Gasteiger partial charge in [0, 0.05) is 11.3 Å². The van der Waals surface area contributed by atoms with Crippen LogP contribution in [0.1, 0.15) is 31.8 Å². The minimum absolute atomic E-state index is 0.158. The third kappa shape index (κ3) is 5.51. The van der Waals surface area contributed by atoms with E-state index in [1.807, 2.05) is 32.0 Å². The number of anilines is 2. The maximum atomic E-state index is 12.7. The van der Waals surface area contributed by atoms with Gasteiger partial charge in [-0.15, -0.1) is 0 Å². The van der Waals surface area contributed by atoms with Crippen LogP contribution in [0.5, 0.6) is 5.75 Å². The van der Waals surface area contributed by atoms with Crippen molar-refractivity contribution in [3.8, 4) is 5.75 Å². The summed E-state index contributed by atoms with van der Waals surface area (Å²) in [4.78, 5) is 36.9. The number of esters is 1. The van der Waals surface area contributed by atoms with Crippen molar-refractivity contribution in [2.24, 2.45) is 0 Å². The lowest BCUT2D eigenvalue weighted by Gasteiger charge is -2.13. The van der Waals surface area contributed by atoms with Gasteiger partial charge in [-0.2, -0.15) is 0 Å². The Hall–Kier alpha value is -4.13. The maximum Gasteiger partial charge on any atom is 0.339 e. The topological polar surface area (TPSA) is 93.7 Å². The Kier molecular flexibility index (Phi) is 7.23. The first-order valence-corrected chi connectivity index (χ1v) is 9.96. The van der Waals surface area contributed by atoms with Gasteiger partial charge in [-0.25, -0.2) is 4.79 Å². The van der Waals surface area contributed by atoms with Crippen LogP contribution in [0.25, 0.3) is 0 Å². The van der Waals surface area contributed by atoms with Crippen molar-refractivity contribution in [2.75, 3.05) is 24.4 Å². The van der Waals surface area contributed by atoms with E-state index in [2.05, 4.69) is 10.6 Å². The Morgan fingerprint density at radius 1 is 0.844 bits per heavy atom. The van der Waals surface area contributed by atoms with Crippen molar-refractivity contribution < 1.29 is 23.9 Å². The van der Waals surface area contributed by atoms with Gasteiger partial charge in [0.05, 0.1) is 18.4 Å². The Morgan fingerprint density at radius 3 is 2.25 bits per heavy atom. The summed E-state index contributed by atoms with van der Waals surface area (Å²) in [6.07, 6.45) is 0. The van der Waals surface area contributed by atoms with Gasteiger partial charge >= 0.3 is 5.97 Å². The fourth-order valence-electron chi connectivity index (χ4n) is 3.17. The van der Waals surface area contributed by atoms with Crippen LogP contribution in [0, 0.1) is 13.8 Å². The largest absolute Gasteiger partial charge is 0.483 e. The predicted molar refractivity (Wildman–Crippen MR) is 122 cm³/mol. The van der Waals surface area contributed by atoms with E-state index in [4.69, 9.17) is 9.47 Å². The molecule has 0 bridgehead atoms. The lowest BCUT2D eigenvalue weighted by molar-refractivity contribution is -0.118. The van der Waals surface area contributed by atoms with Gasteiger partial charge in [-0.1, -0.05) is 36.4 Å². The van der Waals surface area contributed by atoms with E-state index in [1.54, 1.807) is 48.5 Å². The molecule has 0 spiro atoms. The summed E-state index contributed by atoms with van der Waals surface area (Å²) in [5.74, 6) is -0.642. The van der Waals surface area contributed by atoms with Gasteiger partial charge < -0.3 is 20.1 Å². The fourth-order valence-corrected chi connectivity index (χ4v) is 3.17. The number of para-hydroxylation sites is 2. The molecule has 7 heteroatoms. The highest BCUT2D eigenvalue weighted by atomic mass is 16.5. The van der Waals surface area contributed by atoms with Crippen LogP contribution >= 0.6 is 0 Å². The molecule has 0 aliphatic carbocycles. The molecule has 164 valence electrons. The van der Waals surface area contributed by atoms with Crippen LogP contribution < -0.4 is 15.4 Å². The van der Waals surface area contributed by atoms with E-state index in [9.17, 15) is 14.4 Å². The molecular weight excluding hydrogens is 408 g/mol. The summed E-state index contributed by atoms with van der Waals surface area (Å²) in [6, 6.07) is 18.8. The summed E-state index contributed by atoms with van der Waals surface area (Å²) in [6.45, 7) is 3.68. The normalized spacial score (nSPS) is 10.2. The van der Waals surface area contributed by atoms with Crippen molar-refractivity contribution >= 4 is 29.2 Å². The minimum atomic E-state index is -0.550. The van der Waals surface area contributed by atoms with Crippen molar-refractivity contribution in [2.45, 2.75) is 13.8 Å². The number of amides is 2. The molecule has 0 unspecified atom stereocenters. The first kappa shape index (κ1) is 22.6. The minimum Gasteiger partial charge on any atom is -0.483 e. The first-order chi connectivity index (χ1) is 15.4. The lowest BCUT2D eigenvalue weighted by Crippen LogP contribution is -2.21. The van der Waals surface area contributed by atoms with Gasteiger partial charge in [0.2, 0.25) is 0 Å². The quantitative estimate of drug-likeness (QED) is 0.541. The predicted octanol–water partition coefficient (Wildman–Crippen LogP) is 4.36. The van der Waals surface area contributed by atoms with E-state index < -0.39 is 11.9 Å². The van der Waals surface area contributed by atoms with Crippen LogP contribution in [-0.2, 0) is 9.53 Å². The molecule has 0 saturated heterocycles.